The van der Waals surface area contributed by atoms with E-state index in [1.54, 1.807) is 19.1 Å². The molecule has 0 atom stereocenters. The quantitative estimate of drug-likeness (QED) is 0.535. The van der Waals surface area contributed by atoms with Gasteiger partial charge in [0.05, 0.1) is 6.42 Å². The maximum atomic E-state index is 12.0. The summed E-state index contributed by atoms with van der Waals surface area (Å²) in [5.74, 6) is 0.492. The normalized spacial score (nSPS) is 11.2. The average Bonchev–Trinajstić information content (AvgIpc) is 2.66. The molecule has 2 amide bonds. The fraction of sp³-hybridized carbons (Fsp3) is 0.318. The van der Waals surface area contributed by atoms with Crippen molar-refractivity contribution in [3.05, 3.63) is 59.7 Å². The number of hydrazone groups is 1. The molecule has 28 heavy (non-hydrogen) atoms. The lowest BCUT2D eigenvalue weighted by molar-refractivity contribution is -0.123. The standard InChI is InChI=1S/C22H27N3O3/c1-15(2)18-11-10-16(3)20(13-18)28-14-22(27)25-24-17(4)12-21(26)23-19-8-6-5-7-9-19/h5-11,13,15H,12,14H2,1-4H3,(H,23,26)(H,25,27)/b24-17-. The lowest BCUT2D eigenvalue weighted by atomic mass is 10.0. The molecule has 148 valence electrons. The van der Waals surface area contributed by atoms with Gasteiger partial charge in [-0.05, 0) is 49.1 Å². The minimum absolute atomic E-state index is 0.0889. The Bertz CT molecular complexity index is 845. The summed E-state index contributed by atoms with van der Waals surface area (Å²) in [6, 6.07) is 15.2. The van der Waals surface area contributed by atoms with E-state index >= 15 is 0 Å². The molecule has 0 aliphatic heterocycles. The number of ether oxygens (including phenoxy) is 1. The van der Waals surface area contributed by atoms with Crippen molar-refractivity contribution in [2.24, 2.45) is 5.10 Å². The van der Waals surface area contributed by atoms with Gasteiger partial charge in [-0.2, -0.15) is 5.10 Å². The molecule has 6 heteroatoms. The molecule has 0 aliphatic carbocycles. The third kappa shape index (κ3) is 6.87. The van der Waals surface area contributed by atoms with Crippen molar-refractivity contribution in [2.45, 2.75) is 40.0 Å². The van der Waals surface area contributed by atoms with Crippen LogP contribution < -0.4 is 15.5 Å². The highest BCUT2D eigenvalue weighted by molar-refractivity contribution is 6.05. The topological polar surface area (TPSA) is 79.8 Å². The number of aryl methyl sites for hydroxylation is 1. The summed E-state index contributed by atoms with van der Waals surface area (Å²) in [6.07, 6.45) is 0.0889. The van der Waals surface area contributed by atoms with Crippen molar-refractivity contribution in [2.75, 3.05) is 11.9 Å². The summed E-state index contributed by atoms with van der Waals surface area (Å²) >= 11 is 0. The second-order valence-electron chi connectivity index (χ2n) is 6.94. The zero-order chi connectivity index (χ0) is 20.5. The summed E-state index contributed by atoms with van der Waals surface area (Å²) in [6.45, 7) is 7.68. The second kappa shape index (κ2) is 10.3. The van der Waals surface area contributed by atoms with Crippen LogP contribution in [0.25, 0.3) is 0 Å². The number of carbonyl (C=O) groups excluding carboxylic acids is 2. The monoisotopic (exact) mass is 381 g/mol. The van der Waals surface area contributed by atoms with Crippen LogP contribution in [0.4, 0.5) is 5.69 Å². The number of anilines is 1. The predicted octanol–water partition coefficient (Wildman–Crippen LogP) is 4.02. The summed E-state index contributed by atoms with van der Waals surface area (Å²) in [5, 5.41) is 6.73. The van der Waals surface area contributed by atoms with Gasteiger partial charge in [0.1, 0.15) is 5.75 Å². The minimum atomic E-state index is -0.378. The van der Waals surface area contributed by atoms with E-state index in [0.29, 0.717) is 17.4 Å². The average molecular weight is 381 g/mol. The molecular weight excluding hydrogens is 354 g/mol. The van der Waals surface area contributed by atoms with Gasteiger partial charge in [0, 0.05) is 11.4 Å². The van der Waals surface area contributed by atoms with Gasteiger partial charge in [-0.15, -0.1) is 0 Å². The van der Waals surface area contributed by atoms with Crippen molar-refractivity contribution < 1.29 is 14.3 Å². The van der Waals surface area contributed by atoms with Crippen molar-refractivity contribution in [3.8, 4) is 5.75 Å². The first-order valence-electron chi connectivity index (χ1n) is 9.25. The lowest BCUT2D eigenvalue weighted by Crippen LogP contribution is -2.26. The van der Waals surface area contributed by atoms with Gasteiger partial charge >= 0.3 is 0 Å². The second-order valence-corrected chi connectivity index (χ2v) is 6.94. The number of rotatable bonds is 8. The first kappa shape index (κ1) is 21.2. The minimum Gasteiger partial charge on any atom is -0.483 e. The van der Waals surface area contributed by atoms with Gasteiger partial charge in [0.2, 0.25) is 5.91 Å². The first-order valence-corrected chi connectivity index (χ1v) is 9.25. The third-order valence-corrected chi connectivity index (χ3v) is 4.08. The molecule has 2 N–H and O–H groups in total. The number of nitrogens with zero attached hydrogens (tertiary/aromatic N) is 1. The van der Waals surface area contributed by atoms with Crippen LogP contribution in [0, 0.1) is 6.92 Å². The number of hydrogen-bond acceptors (Lipinski definition) is 4. The zero-order valence-electron chi connectivity index (χ0n) is 16.8. The van der Waals surface area contributed by atoms with Crippen LogP contribution in [0.1, 0.15) is 44.2 Å². The zero-order valence-corrected chi connectivity index (χ0v) is 16.8. The molecule has 0 aliphatic rings. The molecule has 2 rings (SSSR count). The lowest BCUT2D eigenvalue weighted by Gasteiger charge is -2.12. The van der Waals surface area contributed by atoms with Crippen LogP contribution in [0.2, 0.25) is 0 Å². The van der Waals surface area contributed by atoms with Crippen LogP contribution >= 0.6 is 0 Å². The number of amides is 2. The fourth-order valence-corrected chi connectivity index (χ4v) is 2.46. The number of hydrogen-bond donors (Lipinski definition) is 2. The molecule has 0 unspecified atom stereocenters. The summed E-state index contributed by atoms with van der Waals surface area (Å²) < 4.78 is 5.62. The smallest absolute Gasteiger partial charge is 0.277 e. The van der Waals surface area contributed by atoms with E-state index in [4.69, 9.17) is 4.74 Å². The van der Waals surface area contributed by atoms with E-state index in [1.807, 2.05) is 37.3 Å². The molecule has 2 aromatic rings. The Morgan fingerprint density at radius 1 is 1.07 bits per heavy atom. The molecule has 0 saturated carbocycles. The van der Waals surface area contributed by atoms with E-state index in [1.165, 1.54) is 0 Å². The summed E-state index contributed by atoms with van der Waals surface area (Å²) in [7, 11) is 0. The summed E-state index contributed by atoms with van der Waals surface area (Å²) in [5.41, 5.74) is 5.76. The highest BCUT2D eigenvalue weighted by Gasteiger charge is 2.08. The predicted molar refractivity (Wildman–Crippen MR) is 112 cm³/mol. The molecule has 0 bridgehead atoms. The summed E-state index contributed by atoms with van der Waals surface area (Å²) in [4.78, 5) is 24.0. The SMILES string of the molecule is C/C(CC(=O)Nc1ccccc1)=N/NC(=O)COc1cc(C(C)C)ccc1C. The Labute approximate surface area is 166 Å². The molecule has 0 fully saturated rings. The van der Waals surface area contributed by atoms with Crippen LogP contribution in [0.3, 0.4) is 0 Å². The van der Waals surface area contributed by atoms with E-state index in [0.717, 1.165) is 16.8 Å². The van der Waals surface area contributed by atoms with Gasteiger partial charge < -0.3 is 10.1 Å². The Morgan fingerprint density at radius 2 is 1.79 bits per heavy atom. The molecular formula is C22H27N3O3. The number of nitrogens with one attached hydrogen (secondary N) is 2. The van der Waals surface area contributed by atoms with Crippen molar-refractivity contribution >= 4 is 23.2 Å². The van der Waals surface area contributed by atoms with E-state index < -0.39 is 0 Å². The highest BCUT2D eigenvalue weighted by atomic mass is 16.5. The van der Waals surface area contributed by atoms with E-state index in [9.17, 15) is 9.59 Å². The molecule has 0 radical (unpaired) electrons. The molecule has 0 heterocycles. The first-order chi connectivity index (χ1) is 13.3. The molecule has 0 aromatic heterocycles. The number of carbonyl (C=O) groups is 2. The van der Waals surface area contributed by atoms with Crippen molar-refractivity contribution in [1.82, 2.24) is 5.43 Å². The molecule has 0 spiro atoms. The molecule has 0 saturated heterocycles. The van der Waals surface area contributed by atoms with Crippen LogP contribution in [0.5, 0.6) is 5.75 Å². The van der Waals surface area contributed by atoms with Crippen LogP contribution in [-0.4, -0.2) is 24.1 Å². The van der Waals surface area contributed by atoms with Crippen LogP contribution in [-0.2, 0) is 9.59 Å². The molecule has 2 aromatic carbocycles. The fourth-order valence-electron chi connectivity index (χ4n) is 2.46. The van der Waals surface area contributed by atoms with E-state index in [-0.39, 0.29) is 24.8 Å². The Hall–Kier alpha value is -3.15. The largest absolute Gasteiger partial charge is 0.483 e. The Morgan fingerprint density at radius 3 is 2.46 bits per heavy atom. The Kier molecular flexibility index (Phi) is 7.75. The van der Waals surface area contributed by atoms with Crippen LogP contribution in [0.15, 0.2) is 53.6 Å². The van der Waals surface area contributed by atoms with Gasteiger partial charge in [0.15, 0.2) is 6.61 Å². The van der Waals surface area contributed by atoms with Gasteiger partial charge in [-0.25, -0.2) is 5.43 Å². The molecule has 6 nitrogen and oxygen atoms in total. The van der Waals surface area contributed by atoms with Crippen molar-refractivity contribution in [1.29, 1.82) is 0 Å². The van der Waals surface area contributed by atoms with Gasteiger partial charge in [0.25, 0.3) is 5.91 Å². The Balaban J connectivity index is 1.81. The number of benzene rings is 2. The number of para-hydroxylation sites is 1. The van der Waals surface area contributed by atoms with E-state index in [2.05, 4.69) is 35.8 Å². The van der Waals surface area contributed by atoms with Crippen molar-refractivity contribution in [3.63, 3.8) is 0 Å². The third-order valence-electron chi connectivity index (χ3n) is 4.08. The van der Waals surface area contributed by atoms with Gasteiger partial charge in [-0.1, -0.05) is 44.2 Å². The highest BCUT2D eigenvalue weighted by Crippen LogP contribution is 2.24. The van der Waals surface area contributed by atoms with Gasteiger partial charge in [-0.3, -0.25) is 9.59 Å². The maximum absolute atomic E-state index is 12.0. The maximum Gasteiger partial charge on any atom is 0.277 e.